The van der Waals surface area contributed by atoms with E-state index >= 15 is 0 Å². The number of aryl methyl sites for hydroxylation is 1. The summed E-state index contributed by atoms with van der Waals surface area (Å²) in [6.07, 6.45) is 0. The van der Waals surface area contributed by atoms with Gasteiger partial charge in [-0.1, -0.05) is 18.2 Å². The van der Waals surface area contributed by atoms with Crippen LogP contribution < -0.4 is 15.5 Å². The third kappa shape index (κ3) is 3.28. The molecule has 1 aliphatic heterocycles. The van der Waals surface area contributed by atoms with Gasteiger partial charge < -0.3 is 15.5 Å². The van der Waals surface area contributed by atoms with E-state index in [9.17, 15) is 4.79 Å². The minimum Gasteiger partial charge on any atom is -0.369 e. The fraction of sp³-hybridized carbons (Fsp3) is 0.278. The second-order valence-electron chi connectivity index (χ2n) is 5.55. The summed E-state index contributed by atoms with van der Waals surface area (Å²) in [4.78, 5) is 14.6. The number of rotatable bonds is 3. The molecule has 0 aliphatic carbocycles. The average Bonchev–Trinajstić information content (AvgIpc) is 2.57. The number of carbonyl (C=O) groups is 1. The van der Waals surface area contributed by atoms with Crippen LogP contribution in [0.4, 0.5) is 11.4 Å². The Kier molecular flexibility index (Phi) is 4.39. The van der Waals surface area contributed by atoms with Crippen LogP contribution in [-0.4, -0.2) is 32.1 Å². The van der Waals surface area contributed by atoms with Gasteiger partial charge >= 0.3 is 0 Å². The highest BCUT2D eigenvalue weighted by Gasteiger charge is 2.11. The Bertz CT molecular complexity index is 646. The molecule has 1 fully saturated rings. The highest BCUT2D eigenvalue weighted by Crippen LogP contribution is 2.19. The van der Waals surface area contributed by atoms with Crippen molar-refractivity contribution in [3.05, 3.63) is 59.7 Å². The molecule has 2 aromatic carbocycles. The monoisotopic (exact) mass is 295 g/mol. The molecule has 4 heteroatoms. The van der Waals surface area contributed by atoms with Gasteiger partial charge in [0.05, 0.1) is 0 Å². The lowest BCUT2D eigenvalue weighted by molar-refractivity contribution is 0.102. The van der Waals surface area contributed by atoms with Crippen LogP contribution in [0.1, 0.15) is 15.9 Å². The molecular formula is C18H21N3O. The fourth-order valence-corrected chi connectivity index (χ4v) is 2.70. The number of nitrogens with zero attached hydrogens (tertiary/aromatic N) is 1. The topological polar surface area (TPSA) is 44.4 Å². The summed E-state index contributed by atoms with van der Waals surface area (Å²) in [6.45, 7) is 6.03. The van der Waals surface area contributed by atoms with Gasteiger partial charge in [-0.2, -0.15) is 0 Å². The van der Waals surface area contributed by atoms with E-state index in [-0.39, 0.29) is 5.91 Å². The Morgan fingerprint density at radius 3 is 2.41 bits per heavy atom. The Balaban J connectivity index is 1.68. The number of hydrogen-bond donors (Lipinski definition) is 2. The van der Waals surface area contributed by atoms with Crippen LogP contribution in [0.5, 0.6) is 0 Å². The highest BCUT2D eigenvalue weighted by molar-refractivity contribution is 6.05. The molecule has 0 aromatic heterocycles. The zero-order valence-corrected chi connectivity index (χ0v) is 12.8. The third-order valence-electron chi connectivity index (χ3n) is 4.00. The normalized spacial score (nSPS) is 14.7. The molecule has 1 saturated heterocycles. The maximum Gasteiger partial charge on any atom is 0.255 e. The summed E-state index contributed by atoms with van der Waals surface area (Å²) in [5.74, 6) is -0.0620. The maximum absolute atomic E-state index is 12.3. The van der Waals surface area contributed by atoms with E-state index in [4.69, 9.17) is 0 Å². The van der Waals surface area contributed by atoms with E-state index < -0.39 is 0 Å². The summed E-state index contributed by atoms with van der Waals surface area (Å²) in [5.41, 5.74) is 3.73. The molecule has 0 spiro atoms. The van der Waals surface area contributed by atoms with Crippen molar-refractivity contribution in [2.45, 2.75) is 6.92 Å². The zero-order valence-electron chi connectivity index (χ0n) is 12.8. The van der Waals surface area contributed by atoms with Crippen molar-refractivity contribution in [3.63, 3.8) is 0 Å². The fourth-order valence-electron chi connectivity index (χ4n) is 2.70. The lowest BCUT2D eigenvalue weighted by atomic mass is 10.1. The van der Waals surface area contributed by atoms with Crippen molar-refractivity contribution < 1.29 is 4.79 Å². The van der Waals surface area contributed by atoms with Gasteiger partial charge in [-0.25, -0.2) is 0 Å². The molecule has 22 heavy (non-hydrogen) atoms. The summed E-state index contributed by atoms with van der Waals surface area (Å²) in [5, 5.41) is 6.31. The number of benzene rings is 2. The SMILES string of the molecule is Cc1ccccc1C(=O)Nc1ccc(N2CCNCC2)cc1. The van der Waals surface area contributed by atoms with Crippen molar-refractivity contribution in [1.29, 1.82) is 0 Å². The Labute approximate surface area is 131 Å². The Morgan fingerprint density at radius 2 is 1.73 bits per heavy atom. The first-order valence-corrected chi connectivity index (χ1v) is 7.67. The molecule has 1 amide bonds. The second kappa shape index (κ2) is 6.62. The van der Waals surface area contributed by atoms with Gasteiger partial charge in [-0.3, -0.25) is 4.79 Å². The molecule has 0 atom stereocenters. The molecular weight excluding hydrogens is 274 g/mol. The van der Waals surface area contributed by atoms with Gasteiger partial charge in [-0.05, 0) is 42.8 Å². The number of amides is 1. The third-order valence-corrected chi connectivity index (χ3v) is 4.00. The number of hydrogen-bond acceptors (Lipinski definition) is 3. The molecule has 1 heterocycles. The molecule has 114 valence electrons. The van der Waals surface area contributed by atoms with Crippen molar-refractivity contribution >= 4 is 17.3 Å². The number of carbonyl (C=O) groups excluding carboxylic acids is 1. The van der Waals surface area contributed by atoms with Gasteiger partial charge in [0.15, 0.2) is 0 Å². The largest absolute Gasteiger partial charge is 0.369 e. The predicted octanol–water partition coefficient (Wildman–Crippen LogP) is 2.66. The van der Waals surface area contributed by atoms with E-state index in [0.29, 0.717) is 5.56 Å². The van der Waals surface area contributed by atoms with Crippen LogP contribution in [0.2, 0.25) is 0 Å². The lowest BCUT2D eigenvalue weighted by Gasteiger charge is -2.29. The van der Waals surface area contributed by atoms with Gasteiger partial charge in [0.1, 0.15) is 0 Å². The van der Waals surface area contributed by atoms with Crippen LogP contribution >= 0.6 is 0 Å². The first kappa shape index (κ1) is 14.6. The van der Waals surface area contributed by atoms with Crippen LogP contribution in [0.15, 0.2) is 48.5 Å². The molecule has 4 nitrogen and oxygen atoms in total. The van der Waals surface area contributed by atoms with E-state index in [2.05, 4.69) is 27.7 Å². The Hall–Kier alpha value is -2.33. The summed E-state index contributed by atoms with van der Waals surface area (Å²) in [7, 11) is 0. The number of nitrogens with one attached hydrogen (secondary N) is 2. The second-order valence-corrected chi connectivity index (χ2v) is 5.55. The van der Waals surface area contributed by atoms with Crippen LogP contribution in [0.25, 0.3) is 0 Å². The van der Waals surface area contributed by atoms with Gasteiger partial charge in [0.25, 0.3) is 5.91 Å². The predicted molar refractivity (Wildman–Crippen MR) is 90.7 cm³/mol. The molecule has 0 saturated carbocycles. The van der Waals surface area contributed by atoms with Crippen molar-refractivity contribution in [1.82, 2.24) is 5.32 Å². The average molecular weight is 295 g/mol. The minimum absolute atomic E-state index is 0.0620. The van der Waals surface area contributed by atoms with E-state index in [1.807, 2.05) is 43.3 Å². The molecule has 0 bridgehead atoms. The minimum atomic E-state index is -0.0620. The molecule has 2 N–H and O–H groups in total. The van der Waals surface area contributed by atoms with Crippen molar-refractivity contribution in [2.24, 2.45) is 0 Å². The molecule has 1 aliphatic rings. The van der Waals surface area contributed by atoms with Crippen molar-refractivity contribution in [3.8, 4) is 0 Å². The van der Waals surface area contributed by atoms with E-state index in [0.717, 1.165) is 37.4 Å². The molecule has 3 rings (SSSR count). The summed E-state index contributed by atoms with van der Waals surface area (Å²) >= 11 is 0. The molecule has 0 radical (unpaired) electrons. The van der Waals surface area contributed by atoms with E-state index in [1.165, 1.54) is 5.69 Å². The smallest absolute Gasteiger partial charge is 0.255 e. The van der Waals surface area contributed by atoms with Crippen LogP contribution in [0, 0.1) is 6.92 Å². The number of piperazine rings is 1. The molecule has 2 aromatic rings. The lowest BCUT2D eigenvalue weighted by Crippen LogP contribution is -2.43. The Morgan fingerprint density at radius 1 is 1.05 bits per heavy atom. The standard InChI is InChI=1S/C18H21N3O/c1-14-4-2-3-5-17(14)18(22)20-15-6-8-16(9-7-15)21-12-10-19-11-13-21/h2-9,19H,10-13H2,1H3,(H,20,22). The first-order valence-electron chi connectivity index (χ1n) is 7.67. The molecule has 0 unspecified atom stereocenters. The number of anilines is 2. The highest BCUT2D eigenvalue weighted by atomic mass is 16.1. The van der Waals surface area contributed by atoms with Crippen LogP contribution in [0.3, 0.4) is 0 Å². The quantitative estimate of drug-likeness (QED) is 0.915. The van der Waals surface area contributed by atoms with Gasteiger partial charge in [0.2, 0.25) is 0 Å². The maximum atomic E-state index is 12.3. The zero-order chi connectivity index (χ0) is 15.4. The van der Waals surface area contributed by atoms with Crippen LogP contribution in [-0.2, 0) is 0 Å². The summed E-state index contributed by atoms with van der Waals surface area (Å²) < 4.78 is 0. The van der Waals surface area contributed by atoms with E-state index in [1.54, 1.807) is 0 Å². The van der Waals surface area contributed by atoms with Gasteiger partial charge in [0, 0.05) is 43.1 Å². The summed E-state index contributed by atoms with van der Waals surface area (Å²) in [6, 6.07) is 15.7. The van der Waals surface area contributed by atoms with Gasteiger partial charge in [-0.15, -0.1) is 0 Å². The van der Waals surface area contributed by atoms with Crippen molar-refractivity contribution in [2.75, 3.05) is 36.4 Å². The first-order chi connectivity index (χ1) is 10.7.